The van der Waals surface area contributed by atoms with Crippen LogP contribution >= 0.6 is 11.8 Å². The maximum atomic E-state index is 12.3. The number of rotatable bonds is 3. The molecule has 0 saturated carbocycles. The van der Waals surface area contributed by atoms with E-state index in [0.717, 1.165) is 28.6 Å². The van der Waals surface area contributed by atoms with E-state index in [1.165, 1.54) is 4.90 Å². The van der Waals surface area contributed by atoms with Gasteiger partial charge in [0.25, 0.3) is 11.1 Å². The van der Waals surface area contributed by atoms with Gasteiger partial charge in [-0.05, 0) is 42.5 Å². The number of aryl methyl sites for hydroxylation is 1. The molecule has 1 aromatic heterocycles. The van der Waals surface area contributed by atoms with E-state index < -0.39 is 0 Å². The molecule has 1 aromatic carbocycles. The number of aromatic amines is 1. The number of amides is 2. The van der Waals surface area contributed by atoms with Gasteiger partial charge in [0.1, 0.15) is 0 Å². The van der Waals surface area contributed by atoms with Crippen molar-refractivity contribution in [3.8, 4) is 0 Å². The third-order valence-corrected chi connectivity index (χ3v) is 4.15. The highest BCUT2D eigenvalue weighted by Crippen LogP contribution is 2.33. The van der Waals surface area contributed by atoms with E-state index in [1.54, 1.807) is 12.3 Å². The number of carbonyl (C=O) groups is 2. The number of aromatic nitrogens is 1. The fraction of sp³-hybridized carbons (Fsp3) is 0.125. The second-order valence-corrected chi connectivity index (χ2v) is 5.87. The molecule has 0 atom stereocenters. The van der Waals surface area contributed by atoms with Crippen LogP contribution in [0.4, 0.5) is 4.79 Å². The zero-order valence-electron chi connectivity index (χ0n) is 11.5. The second-order valence-electron chi connectivity index (χ2n) is 4.88. The molecule has 4 nitrogen and oxygen atoms in total. The average Bonchev–Trinajstić information content (AvgIpc) is 3.06. The summed E-state index contributed by atoms with van der Waals surface area (Å²) >= 11 is 0.981. The third-order valence-electron chi connectivity index (χ3n) is 3.24. The van der Waals surface area contributed by atoms with Crippen LogP contribution in [0.25, 0.3) is 6.08 Å². The normalized spacial score (nSPS) is 17.0. The Bertz CT molecular complexity index is 702. The number of hydrogen-bond donors (Lipinski definition) is 1. The predicted octanol–water partition coefficient (Wildman–Crippen LogP) is 3.56. The van der Waals surface area contributed by atoms with Crippen LogP contribution in [-0.2, 0) is 11.3 Å². The first-order valence-electron chi connectivity index (χ1n) is 6.58. The highest BCUT2D eigenvalue weighted by molar-refractivity contribution is 8.18. The summed E-state index contributed by atoms with van der Waals surface area (Å²) in [6, 6.07) is 11.5. The standard InChI is InChI=1S/C16H14N2O2S/c1-11-4-6-12(7-5-11)10-18-15(19)14(21-16(18)20)9-13-3-2-8-17-13/h2-9,17H,10H2,1H3/b14-9+. The lowest BCUT2D eigenvalue weighted by Gasteiger charge is -2.12. The maximum absolute atomic E-state index is 12.3. The molecule has 0 radical (unpaired) electrons. The number of hydrogen-bond acceptors (Lipinski definition) is 3. The maximum Gasteiger partial charge on any atom is 0.293 e. The number of benzene rings is 1. The van der Waals surface area contributed by atoms with E-state index in [4.69, 9.17) is 0 Å². The minimum Gasteiger partial charge on any atom is -0.362 e. The molecule has 0 aliphatic carbocycles. The van der Waals surface area contributed by atoms with E-state index in [1.807, 2.05) is 43.3 Å². The fourth-order valence-corrected chi connectivity index (χ4v) is 2.92. The Kier molecular flexibility index (Phi) is 3.66. The number of H-pyrrole nitrogens is 1. The SMILES string of the molecule is Cc1ccc(CN2C(=O)S/C(=C/c3ccc[nH]3)C2=O)cc1. The lowest BCUT2D eigenvalue weighted by Crippen LogP contribution is -2.27. The fourth-order valence-electron chi connectivity index (χ4n) is 2.09. The van der Waals surface area contributed by atoms with Gasteiger partial charge >= 0.3 is 0 Å². The van der Waals surface area contributed by atoms with E-state index in [2.05, 4.69) is 4.98 Å². The van der Waals surface area contributed by atoms with Crippen molar-refractivity contribution in [1.82, 2.24) is 9.88 Å². The summed E-state index contributed by atoms with van der Waals surface area (Å²) in [5.41, 5.74) is 2.92. The molecule has 2 aromatic rings. The van der Waals surface area contributed by atoms with Gasteiger partial charge < -0.3 is 4.98 Å². The highest BCUT2D eigenvalue weighted by Gasteiger charge is 2.34. The highest BCUT2D eigenvalue weighted by atomic mass is 32.2. The minimum absolute atomic E-state index is 0.224. The molecule has 1 aliphatic rings. The Labute approximate surface area is 126 Å². The van der Waals surface area contributed by atoms with Crippen molar-refractivity contribution in [3.05, 3.63) is 64.3 Å². The average molecular weight is 298 g/mol. The number of carbonyl (C=O) groups excluding carboxylic acids is 2. The molecular weight excluding hydrogens is 284 g/mol. The molecule has 1 saturated heterocycles. The molecule has 0 bridgehead atoms. The summed E-state index contributed by atoms with van der Waals surface area (Å²) in [7, 11) is 0. The molecule has 0 spiro atoms. The van der Waals surface area contributed by atoms with Crippen LogP contribution in [0.3, 0.4) is 0 Å². The molecule has 1 fully saturated rings. The van der Waals surface area contributed by atoms with Gasteiger partial charge in [-0.2, -0.15) is 0 Å². The lowest BCUT2D eigenvalue weighted by atomic mass is 10.1. The monoisotopic (exact) mass is 298 g/mol. The topological polar surface area (TPSA) is 53.2 Å². The zero-order valence-corrected chi connectivity index (χ0v) is 12.3. The molecule has 0 unspecified atom stereocenters. The summed E-state index contributed by atoms with van der Waals surface area (Å²) < 4.78 is 0. The van der Waals surface area contributed by atoms with Crippen LogP contribution < -0.4 is 0 Å². The zero-order chi connectivity index (χ0) is 14.8. The summed E-state index contributed by atoms with van der Waals surface area (Å²) in [5.74, 6) is -0.236. The minimum atomic E-state index is -0.236. The Morgan fingerprint density at radius 1 is 1.19 bits per heavy atom. The van der Waals surface area contributed by atoms with Crippen LogP contribution in [0.2, 0.25) is 0 Å². The molecule has 1 aliphatic heterocycles. The Morgan fingerprint density at radius 3 is 2.62 bits per heavy atom. The molecule has 3 rings (SSSR count). The molecule has 2 heterocycles. The van der Waals surface area contributed by atoms with E-state index in [-0.39, 0.29) is 11.1 Å². The summed E-state index contributed by atoms with van der Waals surface area (Å²) in [4.78, 5) is 29.1. The van der Waals surface area contributed by atoms with Gasteiger partial charge in [-0.3, -0.25) is 14.5 Å². The molecule has 106 valence electrons. The van der Waals surface area contributed by atoms with Crippen LogP contribution in [0, 0.1) is 6.92 Å². The van der Waals surface area contributed by atoms with Crippen LogP contribution in [0.5, 0.6) is 0 Å². The van der Waals surface area contributed by atoms with E-state index in [9.17, 15) is 9.59 Å². The van der Waals surface area contributed by atoms with Gasteiger partial charge in [0.05, 0.1) is 11.4 Å². The van der Waals surface area contributed by atoms with Gasteiger partial charge in [0.2, 0.25) is 0 Å². The molecule has 21 heavy (non-hydrogen) atoms. The van der Waals surface area contributed by atoms with Crippen molar-refractivity contribution in [3.63, 3.8) is 0 Å². The van der Waals surface area contributed by atoms with Crippen molar-refractivity contribution in [1.29, 1.82) is 0 Å². The van der Waals surface area contributed by atoms with Gasteiger partial charge in [0, 0.05) is 11.9 Å². The van der Waals surface area contributed by atoms with Gasteiger partial charge in [0.15, 0.2) is 0 Å². The number of thioether (sulfide) groups is 1. The van der Waals surface area contributed by atoms with Crippen molar-refractivity contribution in [2.24, 2.45) is 0 Å². The number of nitrogens with zero attached hydrogens (tertiary/aromatic N) is 1. The molecule has 5 heteroatoms. The molecule has 2 amide bonds. The Balaban J connectivity index is 1.79. The van der Waals surface area contributed by atoms with E-state index in [0.29, 0.717) is 11.4 Å². The van der Waals surface area contributed by atoms with Gasteiger partial charge in [-0.1, -0.05) is 29.8 Å². The third kappa shape index (κ3) is 2.92. The van der Waals surface area contributed by atoms with E-state index >= 15 is 0 Å². The van der Waals surface area contributed by atoms with Gasteiger partial charge in [-0.15, -0.1) is 0 Å². The summed E-state index contributed by atoms with van der Waals surface area (Å²) in [6.45, 7) is 2.32. The van der Waals surface area contributed by atoms with Crippen LogP contribution in [-0.4, -0.2) is 21.0 Å². The van der Waals surface area contributed by atoms with Crippen LogP contribution in [0.15, 0.2) is 47.5 Å². The Hall–Kier alpha value is -2.27. The Morgan fingerprint density at radius 2 is 1.95 bits per heavy atom. The second kappa shape index (κ2) is 5.61. The van der Waals surface area contributed by atoms with Gasteiger partial charge in [-0.25, -0.2) is 0 Å². The molecular formula is C16H14N2O2S. The predicted molar refractivity (Wildman–Crippen MR) is 83.5 cm³/mol. The van der Waals surface area contributed by atoms with Crippen molar-refractivity contribution < 1.29 is 9.59 Å². The molecule has 1 N–H and O–H groups in total. The first-order chi connectivity index (χ1) is 10.1. The summed E-state index contributed by atoms with van der Waals surface area (Å²) in [5, 5.41) is -0.224. The van der Waals surface area contributed by atoms with Crippen molar-refractivity contribution >= 4 is 29.0 Å². The van der Waals surface area contributed by atoms with Crippen molar-refractivity contribution in [2.45, 2.75) is 13.5 Å². The number of imide groups is 1. The smallest absolute Gasteiger partial charge is 0.293 e. The first-order valence-corrected chi connectivity index (χ1v) is 7.39. The first kappa shape index (κ1) is 13.7. The van der Waals surface area contributed by atoms with Crippen molar-refractivity contribution in [2.75, 3.05) is 0 Å². The lowest BCUT2D eigenvalue weighted by molar-refractivity contribution is -0.123. The largest absolute Gasteiger partial charge is 0.362 e. The quantitative estimate of drug-likeness (QED) is 0.882. The summed E-state index contributed by atoms with van der Waals surface area (Å²) in [6.07, 6.45) is 3.49. The van der Waals surface area contributed by atoms with Crippen LogP contribution in [0.1, 0.15) is 16.8 Å². The number of nitrogens with one attached hydrogen (secondary N) is 1.